The highest BCUT2D eigenvalue weighted by Crippen LogP contribution is 2.35. The highest BCUT2D eigenvalue weighted by molar-refractivity contribution is 6.33. The molecule has 0 aliphatic carbocycles. The van der Waals surface area contributed by atoms with Crippen LogP contribution in [-0.2, 0) is 4.79 Å². The van der Waals surface area contributed by atoms with Gasteiger partial charge in [0.25, 0.3) is 5.69 Å². The van der Waals surface area contributed by atoms with Crippen molar-refractivity contribution in [3.8, 4) is 0 Å². The van der Waals surface area contributed by atoms with Crippen molar-refractivity contribution in [1.82, 2.24) is 0 Å². The lowest BCUT2D eigenvalue weighted by Gasteiger charge is -2.19. The number of rotatable bonds is 4. The highest BCUT2D eigenvalue weighted by atomic mass is 35.5. The molecule has 1 fully saturated rings. The normalized spacial score (nSPS) is 17.7. The molecule has 0 bridgehead atoms. The number of hydrogen-bond donors (Lipinski definition) is 0. The first-order chi connectivity index (χ1) is 9.93. The quantitative estimate of drug-likeness (QED) is 0.280. The van der Waals surface area contributed by atoms with Crippen LogP contribution in [0.5, 0.6) is 0 Å². The van der Waals surface area contributed by atoms with E-state index in [-0.39, 0.29) is 35.5 Å². The number of carbonyl (C=O) groups excluding carboxylic acids is 1. The maximum Gasteiger partial charge on any atom is 0.288 e. The third-order valence-corrected chi connectivity index (χ3v) is 3.66. The highest BCUT2D eigenvalue weighted by Gasteiger charge is 2.31. The minimum atomic E-state index is -0.560. The van der Waals surface area contributed by atoms with Crippen LogP contribution in [0.2, 0.25) is 5.02 Å². The average Bonchev–Trinajstić information content (AvgIpc) is 2.79. The Morgan fingerprint density at radius 2 is 2.33 bits per heavy atom. The van der Waals surface area contributed by atoms with Gasteiger partial charge in [-0.05, 0) is 30.0 Å². The van der Waals surface area contributed by atoms with Crippen LogP contribution in [0.1, 0.15) is 12.0 Å². The zero-order chi connectivity index (χ0) is 15.6. The fourth-order valence-corrected chi connectivity index (χ4v) is 2.60. The number of nitrogens with zero attached hydrogens (tertiary/aromatic N) is 5. The first-order valence-corrected chi connectivity index (χ1v) is 6.57. The summed E-state index contributed by atoms with van der Waals surface area (Å²) in [5.41, 5.74) is 9.29. The van der Waals surface area contributed by atoms with Crippen molar-refractivity contribution in [3.63, 3.8) is 0 Å². The molecule has 1 aromatic carbocycles. The van der Waals surface area contributed by atoms with E-state index in [2.05, 4.69) is 10.0 Å². The largest absolute Gasteiger partial charge is 0.312 e. The van der Waals surface area contributed by atoms with E-state index >= 15 is 0 Å². The lowest BCUT2D eigenvalue weighted by molar-refractivity contribution is -0.384. The molecule has 2 rings (SSSR count). The van der Waals surface area contributed by atoms with E-state index in [1.54, 1.807) is 6.92 Å². The maximum absolute atomic E-state index is 12.0. The Hall–Kier alpha value is -2.31. The summed E-state index contributed by atoms with van der Waals surface area (Å²) in [4.78, 5) is 26.5. The Labute approximate surface area is 125 Å². The van der Waals surface area contributed by atoms with Crippen molar-refractivity contribution in [2.24, 2.45) is 11.0 Å². The van der Waals surface area contributed by atoms with Gasteiger partial charge in [-0.1, -0.05) is 16.7 Å². The van der Waals surface area contributed by atoms with Crippen molar-refractivity contribution in [1.29, 1.82) is 0 Å². The Bertz CT molecular complexity index is 657. The molecule has 9 heteroatoms. The monoisotopic (exact) mass is 309 g/mol. The fourth-order valence-electron chi connectivity index (χ4n) is 2.38. The molecule has 8 nitrogen and oxygen atoms in total. The molecule has 0 N–H and O–H groups in total. The Morgan fingerprint density at radius 3 is 2.95 bits per heavy atom. The summed E-state index contributed by atoms with van der Waals surface area (Å²) in [7, 11) is 0. The molecule has 0 aromatic heterocycles. The molecule has 1 atom stereocenters. The number of halogens is 1. The molecular weight excluding hydrogens is 298 g/mol. The average molecular weight is 310 g/mol. The number of aryl methyl sites for hydroxylation is 1. The molecular formula is C12H12ClN5O3. The molecule has 1 amide bonds. The predicted molar refractivity (Wildman–Crippen MR) is 77.3 cm³/mol. The number of anilines is 1. The van der Waals surface area contributed by atoms with Crippen molar-refractivity contribution in [3.05, 3.63) is 43.3 Å². The van der Waals surface area contributed by atoms with E-state index in [4.69, 9.17) is 17.1 Å². The minimum absolute atomic E-state index is 0.00750. The van der Waals surface area contributed by atoms with Gasteiger partial charge in [0.2, 0.25) is 5.91 Å². The molecule has 1 aromatic rings. The number of nitro benzene ring substituents is 1. The van der Waals surface area contributed by atoms with Gasteiger partial charge in [0.1, 0.15) is 5.02 Å². The Kier molecular flexibility index (Phi) is 4.30. The van der Waals surface area contributed by atoms with Crippen LogP contribution in [-0.4, -0.2) is 23.9 Å². The number of amides is 1. The molecule has 1 saturated heterocycles. The smallest absolute Gasteiger partial charge is 0.288 e. The summed E-state index contributed by atoms with van der Waals surface area (Å²) < 4.78 is 0. The third-order valence-electron chi connectivity index (χ3n) is 3.36. The van der Waals surface area contributed by atoms with Crippen LogP contribution < -0.4 is 4.90 Å². The minimum Gasteiger partial charge on any atom is -0.312 e. The lowest BCUT2D eigenvalue weighted by atomic mass is 10.1. The van der Waals surface area contributed by atoms with Crippen LogP contribution in [0, 0.1) is 23.0 Å². The lowest BCUT2D eigenvalue weighted by Crippen LogP contribution is -2.25. The number of benzene rings is 1. The summed E-state index contributed by atoms with van der Waals surface area (Å²) in [5.74, 6) is -0.164. The van der Waals surface area contributed by atoms with E-state index < -0.39 is 4.92 Å². The number of azide groups is 1. The molecule has 110 valence electrons. The number of nitro groups is 1. The van der Waals surface area contributed by atoms with E-state index in [0.29, 0.717) is 17.8 Å². The first kappa shape index (κ1) is 15.1. The molecule has 0 spiro atoms. The molecule has 21 heavy (non-hydrogen) atoms. The predicted octanol–water partition coefficient (Wildman–Crippen LogP) is 3.22. The standard InChI is InChI=1S/C12H12ClN5O3/c1-7-2-11(18(20)21)9(13)4-10(7)17-6-8(3-12(17)19)5-15-16-14/h2,4,8H,3,5-6H2,1H3. The maximum atomic E-state index is 12.0. The van der Waals surface area contributed by atoms with E-state index in [0.717, 1.165) is 0 Å². The van der Waals surface area contributed by atoms with Gasteiger partial charge in [0.05, 0.1) is 4.92 Å². The number of hydrogen-bond acceptors (Lipinski definition) is 4. The van der Waals surface area contributed by atoms with Gasteiger partial charge < -0.3 is 4.90 Å². The molecule has 1 aliphatic heterocycles. The van der Waals surface area contributed by atoms with Crippen molar-refractivity contribution < 1.29 is 9.72 Å². The van der Waals surface area contributed by atoms with Crippen LogP contribution in [0.4, 0.5) is 11.4 Å². The van der Waals surface area contributed by atoms with E-state index in [9.17, 15) is 14.9 Å². The van der Waals surface area contributed by atoms with Gasteiger partial charge >= 0.3 is 0 Å². The second-order valence-corrected chi connectivity index (χ2v) is 5.24. The summed E-state index contributed by atoms with van der Waals surface area (Å²) in [6.45, 7) is 2.35. The number of carbonyl (C=O) groups is 1. The SMILES string of the molecule is Cc1cc([N+](=O)[O-])c(Cl)cc1N1CC(CN=[N+]=[N-])CC1=O. The second kappa shape index (κ2) is 5.99. The molecule has 0 radical (unpaired) electrons. The van der Waals surface area contributed by atoms with Crippen molar-refractivity contribution in [2.45, 2.75) is 13.3 Å². The van der Waals surface area contributed by atoms with E-state index in [1.807, 2.05) is 0 Å². The summed E-state index contributed by atoms with van der Waals surface area (Å²) in [5, 5.41) is 14.3. The van der Waals surface area contributed by atoms with Gasteiger partial charge in [0.15, 0.2) is 0 Å². The molecule has 0 saturated carbocycles. The molecule has 1 heterocycles. The van der Waals surface area contributed by atoms with Gasteiger partial charge in [-0.15, -0.1) is 0 Å². The summed E-state index contributed by atoms with van der Waals surface area (Å²) in [6, 6.07) is 2.79. The molecule has 1 unspecified atom stereocenters. The Morgan fingerprint density at radius 1 is 1.62 bits per heavy atom. The first-order valence-electron chi connectivity index (χ1n) is 6.19. The van der Waals surface area contributed by atoms with Crippen LogP contribution in [0.25, 0.3) is 10.4 Å². The van der Waals surface area contributed by atoms with Gasteiger partial charge in [-0.25, -0.2) is 0 Å². The van der Waals surface area contributed by atoms with Gasteiger partial charge in [-0.3, -0.25) is 14.9 Å². The fraction of sp³-hybridized carbons (Fsp3) is 0.417. The summed E-state index contributed by atoms with van der Waals surface area (Å²) >= 11 is 5.90. The van der Waals surface area contributed by atoms with Crippen LogP contribution in [0.3, 0.4) is 0 Å². The van der Waals surface area contributed by atoms with Gasteiger partial charge in [-0.2, -0.15) is 0 Å². The summed E-state index contributed by atoms with van der Waals surface area (Å²) in [6.07, 6.45) is 0.285. The zero-order valence-corrected chi connectivity index (χ0v) is 11.9. The van der Waals surface area contributed by atoms with Crippen LogP contribution >= 0.6 is 11.6 Å². The molecule has 1 aliphatic rings. The third kappa shape index (κ3) is 3.07. The van der Waals surface area contributed by atoms with Crippen LogP contribution in [0.15, 0.2) is 17.2 Å². The van der Waals surface area contributed by atoms with E-state index in [1.165, 1.54) is 17.0 Å². The topological polar surface area (TPSA) is 112 Å². The van der Waals surface area contributed by atoms with Crippen molar-refractivity contribution >= 4 is 28.9 Å². The van der Waals surface area contributed by atoms with Crippen molar-refractivity contribution in [2.75, 3.05) is 18.0 Å². The zero-order valence-electron chi connectivity index (χ0n) is 11.2. The van der Waals surface area contributed by atoms with Gasteiger partial charge in [0, 0.05) is 36.2 Å². The Balaban J connectivity index is 2.30. The second-order valence-electron chi connectivity index (χ2n) is 4.84.